The van der Waals surface area contributed by atoms with Crippen molar-refractivity contribution in [2.24, 2.45) is 0 Å². The van der Waals surface area contributed by atoms with Gasteiger partial charge in [-0.05, 0) is 6.08 Å². The first kappa shape index (κ1) is 6.02. The van der Waals surface area contributed by atoms with Crippen LogP contribution in [-0.2, 0) is 0 Å². The van der Waals surface area contributed by atoms with E-state index in [0.29, 0.717) is 6.54 Å². The fourth-order valence-corrected chi connectivity index (χ4v) is 0.642. The smallest absolute Gasteiger partial charge is 0.209 e. The summed E-state index contributed by atoms with van der Waals surface area (Å²) in [4.78, 5) is 0. The third kappa shape index (κ3) is 1.17. The lowest BCUT2D eigenvalue weighted by Crippen LogP contribution is -3.05. The zero-order chi connectivity index (χ0) is 6.69. The fourth-order valence-electron chi connectivity index (χ4n) is 0.642. The number of hydrogen-bond acceptors (Lipinski definition) is 2. The van der Waals surface area contributed by atoms with Gasteiger partial charge in [-0.15, -0.1) is 0 Å². The number of nitrogens with zero attached hydrogens (tertiary/aromatic N) is 1. The Balaban J connectivity index is 2.78. The molecule has 0 aromatic heterocycles. The molecule has 1 N–H and O–H groups in total. The number of allylic oxidation sites excluding steroid dienone is 3. The van der Waals surface area contributed by atoms with E-state index in [1.165, 1.54) is 6.08 Å². The maximum absolute atomic E-state index is 10.7. The summed E-state index contributed by atoms with van der Waals surface area (Å²) in [7, 11) is 0. The van der Waals surface area contributed by atoms with Gasteiger partial charge in [0, 0.05) is 6.08 Å². The molecule has 9 heavy (non-hydrogen) atoms. The quantitative estimate of drug-likeness (QED) is 0.434. The van der Waals surface area contributed by atoms with E-state index in [0.717, 1.165) is 0 Å². The van der Waals surface area contributed by atoms with E-state index in [9.17, 15) is 5.21 Å². The molecule has 0 aromatic rings. The zero-order valence-electron chi connectivity index (χ0n) is 4.79. The lowest BCUT2D eigenvalue weighted by atomic mass is 10.3. The van der Waals surface area contributed by atoms with Crippen molar-refractivity contribution in [1.29, 1.82) is 5.26 Å². The van der Waals surface area contributed by atoms with Crippen LogP contribution < -0.4 is 5.06 Å². The molecule has 1 heterocycles. The molecule has 0 bridgehead atoms. The second kappa shape index (κ2) is 2.44. The Morgan fingerprint density at radius 1 is 1.78 bits per heavy atom. The second-order valence-corrected chi connectivity index (χ2v) is 1.75. The summed E-state index contributed by atoms with van der Waals surface area (Å²) >= 11 is 0. The summed E-state index contributed by atoms with van der Waals surface area (Å²) in [6.07, 6.45) is 5.00. The monoisotopic (exact) mass is 122 g/mol. The van der Waals surface area contributed by atoms with Crippen LogP contribution in [0.1, 0.15) is 0 Å². The number of quaternary nitrogens is 1. The number of hydrogen-bond donors (Lipinski definition) is 1. The van der Waals surface area contributed by atoms with Crippen LogP contribution in [0.4, 0.5) is 0 Å². The van der Waals surface area contributed by atoms with Gasteiger partial charge in [-0.1, -0.05) is 6.08 Å². The molecule has 1 aliphatic rings. The fraction of sp³-hybridized carbons (Fsp3) is 0.167. The van der Waals surface area contributed by atoms with Gasteiger partial charge in [0.15, 0.2) is 6.07 Å². The molecule has 0 saturated carbocycles. The maximum atomic E-state index is 10.7. The molecular formula is C6H6N2O. The van der Waals surface area contributed by atoms with Gasteiger partial charge in [-0.3, -0.25) is 0 Å². The predicted molar refractivity (Wildman–Crippen MR) is 32.0 cm³/mol. The summed E-state index contributed by atoms with van der Waals surface area (Å²) in [6, 6.07) is 1.81. The standard InChI is InChI=1S/C6H6N2O/c7-5-6-3-1-2-4-8(6)9/h1-3,8H,4H2. The van der Waals surface area contributed by atoms with Crippen molar-refractivity contribution >= 4 is 0 Å². The Hall–Kier alpha value is -1.11. The Kier molecular flexibility index (Phi) is 1.63. The van der Waals surface area contributed by atoms with Crippen LogP contribution in [0.25, 0.3) is 0 Å². The highest BCUT2D eigenvalue weighted by Crippen LogP contribution is 1.86. The summed E-state index contributed by atoms with van der Waals surface area (Å²) in [5.74, 6) is 0. The average molecular weight is 122 g/mol. The zero-order valence-corrected chi connectivity index (χ0v) is 4.79. The highest BCUT2D eigenvalue weighted by Gasteiger charge is 2.04. The molecule has 46 valence electrons. The first-order valence-electron chi connectivity index (χ1n) is 2.64. The Labute approximate surface area is 53.1 Å². The van der Waals surface area contributed by atoms with E-state index in [1.807, 2.05) is 6.07 Å². The van der Waals surface area contributed by atoms with E-state index in [4.69, 9.17) is 5.26 Å². The van der Waals surface area contributed by atoms with Crippen LogP contribution in [0, 0.1) is 16.5 Å². The van der Waals surface area contributed by atoms with Gasteiger partial charge in [-0.25, -0.2) is 0 Å². The molecule has 0 aliphatic carbocycles. The Morgan fingerprint density at radius 3 is 3.00 bits per heavy atom. The van der Waals surface area contributed by atoms with Gasteiger partial charge in [0.05, 0.1) is 0 Å². The minimum absolute atomic E-state index is 0.0833. The topological polar surface area (TPSA) is 51.3 Å². The number of rotatable bonds is 0. The van der Waals surface area contributed by atoms with Crippen molar-refractivity contribution in [3.63, 3.8) is 0 Å². The van der Waals surface area contributed by atoms with E-state index >= 15 is 0 Å². The summed E-state index contributed by atoms with van der Waals surface area (Å²) in [6.45, 7) is 0.374. The maximum Gasteiger partial charge on any atom is 0.209 e. The molecule has 0 fully saturated rings. The molecule has 0 radical (unpaired) electrons. The van der Waals surface area contributed by atoms with E-state index in [2.05, 4.69) is 0 Å². The lowest BCUT2D eigenvalue weighted by Gasteiger charge is -2.19. The lowest BCUT2D eigenvalue weighted by molar-refractivity contribution is -0.795. The first-order valence-corrected chi connectivity index (χ1v) is 2.64. The normalized spacial score (nSPS) is 24.9. The van der Waals surface area contributed by atoms with Crippen LogP contribution in [0.5, 0.6) is 0 Å². The molecule has 3 heteroatoms. The van der Waals surface area contributed by atoms with Gasteiger partial charge in [-0.2, -0.15) is 5.26 Å². The van der Waals surface area contributed by atoms with Crippen LogP contribution in [-0.4, -0.2) is 6.54 Å². The van der Waals surface area contributed by atoms with Crippen molar-refractivity contribution in [2.45, 2.75) is 0 Å². The molecule has 1 atom stereocenters. The minimum atomic E-state index is -0.0833. The van der Waals surface area contributed by atoms with Crippen LogP contribution in [0.15, 0.2) is 23.9 Å². The van der Waals surface area contributed by atoms with Crippen molar-refractivity contribution in [3.8, 4) is 6.07 Å². The Morgan fingerprint density at radius 2 is 2.56 bits per heavy atom. The second-order valence-electron chi connectivity index (χ2n) is 1.75. The van der Waals surface area contributed by atoms with Crippen molar-refractivity contribution in [2.75, 3.05) is 6.54 Å². The summed E-state index contributed by atoms with van der Waals surface area (Å²) in [5, 5.41) is 18.9. The Bertz CT molecular complexity index is 200. The van der Waals surface area contributed by atoms with Gasteiger partial charge in [0.2, 0.25) is 5.70 Å². The molecule has 1 rings (SSSR count). The van der Waals surface area contributed by atoms with Crippen LogP contribution in [0.2, 0.25) is 0 Å². The average Bonchev–Trinajstić information content (AvgIpc) is 1.89. The molecule has 0 saturated heterocycles. The number of hydroxylamine groups is 2. The third-order valence-electron chi connectivity index (χ3n) is 1.12. The van der Waals surface area contributed by atoms with Gasteiger partial charge in [0.25, 0.3) is 0 Å². The number of nitriles is 1. The van der Waals surface area contributed by atoms with E-state index < -0.39 is 0 Å². The van der Waals surface area contributed by atoms with Crippen LogP contribution in [0.3, 0.4) is 0 Å². The summed E-state index contributed by atoms with van der Waals surface area (Å²) < 4.78 is 0. The van der Waals surface area contributed by atoms with E-state index in [1.54, 1.807) is 12.2 Å². The molecule has 1 unspecified atom stereocenters. The van der Waals surface area contributed by atoms with Crippen molar-refractivity contribution < 1.29 is 5.06 Å². The largest absolute Gasteiger partial charge is 0.628 e. The highest BCUT2D eigenvalue weighted by atomic mass is 16.5. The molecule has 0 spiro atoms. The highest BCUT2D eigenvalue weighted by molar-refractivity contribution is 5.20. The minimum Gasteiger partial charge on any atom is -0.628 e. The first-order chi connectivity index (χ1) is 4.34. The van der Waals surface area contributed by atoms with Gasteiger partial charge >= 0.3 is 0 Å². The predicted octanol–water partition coefficient (Wildman–Crippen LogP) is -0.654. The van der Waals surface area contributed by atoms with Crippen molar-refractivity contribution in [3.05, 3.63) is 29.1 Å². The SMILES string of the molecule is N#CC1=CC=CC[NH+]1[O-]. The summed E-state index contributed by atoms with van der Waals surface area (Å²) in [5.41, 5.74) is 0.262. The molecule has 0 aromatic carbocycles. The number of nitrogens with one attached hydrogen (secondary N) is 1. The van der Waals surface area contributed by atoms with Gasteiger partial charge in [0.1, 0.15) is 6.54 Å². The third-order valence-corrected chi connectivity index (χ3v) is 1.12. The molecule has 1 aliphatic heterocycles. The molecule has 0 amide bonds. The van der Waals surface area contributed by atoms with Crippen molar-refractivity contribution in [1.82, 2.24) is 0 Å². The molecule has 3 nitrogen and oxygen atoms in total. The molecular weight excluding hydrogens is 116 g/mol. The van der Waals surface area contributed by atoms with E-state index in [-0.39, 0.29) is 10.8 Å². The van der Waals surface area contributed by atoms with Crippen LogP contribution >= 0.6 is 0 Å². The van der Waals surface area contributed by atoms with Gasteiger partial charge < -0.3 is 10.3 Å².